The number of hydrogen-bond acceptors (Lipinski definition) is 2. The molecule has 2 heteroatoms. The molecule has 4 aromatic rings. The Labute approximate surface area is 151 Å². The van der Waals surface area contributed by atoms with E-state index >= 15 is 0 Å². The molecule has 0 fully saturated rings. The monoisotopic (exact) mass is 350 g/mol. The molecule has 0 N–H and O–H groups in total. The molecule has 0 bridgehead atoms. The Morgan fingerprint density at radius 2 is 0.917 bits per heavy atom. The second kappa shape index (κ2) is 5.44. The molecule has 0 aliphatic rings. The number of hydrogen-bond donors (Lipinski definition) is 0. The third kappa shape index (κ3) is 2.24. The van der Waals surface area contributed by atoms with Crippen LogP contribution in [-0.4, -0.2) is 0 Å². The van der Waals surface area contributed by atoms with Gasteiger partial charge in [0, 0.05) is 41.1 Å². The van der Waals surface area contributed by atoms with Crippen molar-refractivity contribution in [1.29, 1.82) is 0 Å². The fourth-order valence-electron chi connectivity index (χ4n) is 4.05. The zero-order valence-corrected chi connectivity index (χ0v) is 16.8. The smallest absolute Gasteiger partial charge is 0.0357 e. The maximum atomic E-state index is 2.34. The summed E-state index contributed by atoms with van der Waals surface area (Å²) in [7, 11) is 0. The number of fused-ring (bicyclic) bond motifs is 2. The van der Waals surface area contributed by atoms with Gasteiger partial charge < -0.3 is 0 Å². The molecular formula is C22H22S2. The fraction of sp³-hybridized carbons (Fsp3) is 0.273. The number of aryl methyl sites for hydroxylation is 6. The van der Waals surface area contributed by atoms with Gasteiger partial charge in [0.2, 0.25) is 0 Å². The van der Waals surface area contributed by atoms with E-state index in [1.807, 2.05) is 22.7 Å². The van der Waals surface area contributed by atoms with Gasteiger partial charge in [-0.05, 0) is 75.9 Å². The Bertz CT molecular complexity index is 1020. The molecule has 0 aliphatic carbocycles. The molecule has 0 spiro atoms. The van der Waals surface area contributed by atoms with Crippen LogP contribution in [0.2, 0.25) is 0 Å². The summed E-state index contributed by atoms with van der Waals surface area (Å²) in [4.78, 5) is 2.86. The van der Waals surface area contributed by atoms with E-state index in [1.165, 1.54) is 63.3 Å². The second-order valence-electron chi connectivity index (χ2n) is 6.98. The highest BCUT2D eigenvalue weighted by atomic mass is 32.1. The summed E-state index contributed by atoms with van der Waals surface area (Å²) in [5.74, 6) is 0. The average Bonchev–Trinajstić information content (AvgIpc) is 2.94. The Balaban J connectivity index is 2.18. The zero-order chi connectivity index (χ0) is 17.2. The summed E-state index contributed by atoms with van der Waals surface area (Å²) in [6.45, 7) is 13.5. The number of benzene rings is 2. The maximum absolute atomic E-state index is 2.34. The van der Waals surface area contributed by atoms with Gasteiger partial charge in [0.05, 0.1) is 0 Å². The Kier molecular flexibility index (Phi) is 3.59. The molecule has 0 radical (unpaired) electrons. The lowest BCUT2D eigenvalue weighted by molar-refractivity contribution is 1.43. The molecular weight excluding hydrogens is 328 g/mol. The molecule has 2 aromatic heterocycles. The largest absolute Gasteiger partial charge is 0.140 e. The molecule has 0 aliphatic heterocycles. The molecule has 2 aromatic carbocycles. The molecule has 0 unspecified atom stereocenters. The molecule has 2 heterocycles. The van der Waals surface area contributed by atoms with Crippen molar-refractivity contribution < 1.29 is 0 Å². The summed E-state index contributed by atoms with van der Waals surface area (Å²) in [5, 5.41) is 2.90. The van der Waals surface area contributed by atoms with Crippen molar-refractivity contribution in [2.75, 3.05) is 0 Å². The third-order valence-electron chi connectivity index (χ3n) is 4.87. The topological polar surface area (TPSA) is 0 Å². The Morgan fingerprint density at radius 3 is 1.29 bits per heavy atom. The van der Waals surface area contributed by atoms with Gasteiger partial charge in [0.15, 0.2) is 0 Å². The predicted octanol–water partition coefficient (Wildman–Crippen LogP) is 7.63. The normalized spacial score (nSPS) is 11.8. The van der Waals surface area contributed by atoms with Crippen LogP contribution in [0.4, 0.5) is 0 Å². The Morgan fingerprint density at radius 1 is 0.542 bits per heavy atom. The lowest BCUT2D eigenvalue weighted by atomic mass is 9.94. The van der Waals surface area contributed by atoms with E-state index in [2.05, 4.69) is 65.8 Å². The summed E-state index contributed by atoms with van der Waals surface area (Å²) in [5.41, 5.74) is 8.42. The average molecular weight is 351 g/mol. The van der Waals surface area contributed by atoms with Crippen LogP contribution >= 0.6 is 22.7 Å². The lowest BCUT2D eigenvalue weighted by Gasteiger charge is -2.08. The highest BCUT2D eigenvalue weighted by molar-refractivity contribution is 7.21. The highest BCUT2D eigenvalue weighted by Gasteiger charge is 2.20. The van der Waals surface area contributed by atoms with Gasteiger partial charge in [-0.3, -0.25) is 0 Å². The first-order valence-corrected chi connectivity index (χ1v) is 10.0. The predicted molar refractivity (Wildman–Crippen MR) is 111 cm³/mol. The molecule has 0 saturated carbocycles. The minimum atomic E-state index is 1.35. The standard InChI is InChI=1S/C22H22S2/c1-11-7-13(3)19-17(9-11)23-15(5)21(19)22-16(6)24-18-10-12(2)8-14(4)20(18)22/h7-10H,1-6H3. The minimum absolute atomic E-state index is 1.35. The van der Waals surface area contributed by atoms with Gasteiger partial charge in [-0.25, -0.2) is 0 Å². The first-order valence-electron chi connectivity index (χ1n) is 8.38. The van der Waals surface area contributed by atoms with Crippen LogP contribution in [0, 0.1) is 41.5 Å². The van der Waals surface area contributed by atoms with Crippen molar-refractivity contribution in [1.82, 2.24) is 0 Å². The summed E-state index contributed by atoms with van der Waals surface area (Å²) in [6.07, 6.45) is 0. The Hall–Kier alpha value is -1.64. The first kappa shape index (κ1) is 15.9. The van der Waals surface area contributed by atoms with Gasteiger partial charge in [-0.1, -0.05) is 12.1 Å². The molecule has 0 amide bonds. The number of rotatable bonds is 1. The number of thiophene rings is 2. The van der Waals surface area contributed by atoms with E-state index < -0.39 is 0 Å². The van der Waals surface area contributed by atoms with Crippen molar-refractivity contribution in [2.24, 2.45) is 0 Å². The lowest BCUT2D eigenvalue weighted by Crippen LogP contribution is -1.86. The second-order valence-corrected chi connectivity index (χ2v) is 9.49. The van der Waals surface area contributed by atoms with Crippen molar-refractivity contribution in [3.63, 3.8) is 0 Å². The van der Waals surface area contributed by atoms with Crippen LogP contribution in [-0.2, 0) is 0 Å². The summed E-state index contributed by atoms with van der Waals surface area (Å²) >= 11 is 3.87. The molecule has 24 heavy (non-hydrogen) atoms. The van der Waals surface area contributed by atoms with Crippen LogP contribution in [0.5, 0.6) is 0 Å². The third-order valence-corrected chi connectivity index (χ3v) is 6.97. The highest BCUT2D eigenvalue weighted by Crippen LogP contribution is 2.47. The van der Waals surface area contributed by atoms with Crippen LogP contribution in [0.15, 0.2) is 24.3 Å². The van der Waals surface area contributed by atoms with Gasteiger partial charge >= 0.3 is 0 Å². The van der Waals surface area contributed by atoms with Gasteiger partial charge in [0.25, 0.3) is 0 Å². The van der Waals surface area contributed by atoms with Crippen molar-refractivity contribution in [2.45, 2.75) is 41.5 Å². The first-order chi connectivity index (χ1) is 11.4. The molecule has 0 nitrogen and oxygen atoms in total. The molecule has 0 saturated heterocycles. The van der Waals surface area contributed by atoms with Crippen molar-refractivity contribution in [3.8, 4) is 11.1 Å². The summed E-state index contributed by atoms with van der Waals surface area (Å²) < 4.78 is 2.84. The quantitative estimate of drug-likeness (QED) is 0.331. The van der Waals surface area contributed by atoms with Crippen LogP contribution < -0.4 is 0 Å². The van der Waals surface area contributed by atoms with E-state index in [0.29, 0.717) is 0 Å². The van der Waals surface area contributed by atoms with E-state index in [4.69, 9.17) is 0 Å². The van der Waals surface area contributed by atoms with Crippen molar-refractivity contribution >= 4 is 42.8 Å². The van der Waals surface area contributed by atoms with E-state index in [-0.39, 0.29) is 0 Å². The van der Waals surface area contributed by atoms with Gasteiger partial charge in [-0.2, -0.15) is 0 Å². The van der Waals surface area contributed by atoms with Gasteiger partial charge in [-0.15, -0.1) is 22.7 Å². The SMILES string of the molecule is Cc1cc(C)c2c(-c3c(C)sc4cc(C)cc(C)c34)c(C)sc2c1. The van der Waals surface area contributed by atoms with Crippen molar-refractivity contribution in [3.05, 3.63) is 56.3 Å². The van der Waals surface area contributed by atoms with E-state index in [9.17, 15) is 0 Å². The van der Waals surface area contributed by atoms with Crippen LogP contribution in [0.3, 0.4) is 0 Å². The van der Waals surface area contributed by atoms with E-state index in [0.717, 1.165) is 0 Å². The maximum Gasteiger partial charge on any atom is 0.0357 e. The minimum Gasteiger partial charge on any atom is -0.140 e. The fourth-order valence-corrected chi connectivity index (χ4v) is 6.54. The van der Waals surface area contributed by atoms with Crippen LogP contribution in [0.25, 0.3) is 31.3 Å². The molecule has 122 valence electrons. The van der Waals surface area contributed by atoms with E-state index in [1.54, 1.807) is 0 Å². The zero-order valence-electron chi connectivity index (χ0n) is 15.1. The molecule has 0 atom stereocenters. The van der Waals surface area contributed by atoms with Crippen LogP contribution in [0.1, 0.15) is 32.0 Å². The van der Waals surface area contributed by atoms with Gasteiger partial charge in [0.1, 0.15) is 0 Å². The molecule has 4 rings (SSSR count). The summed E-state index contributed by atoms with van der Waals surface area (Å²) in [6, 6.07) is 9.31.